The standard InChI is InChI=1S/C16H31N/c1-4-9-17-16(15-10-12(15)3)14-8-6-7-13(5-2)11-14/h12-17H,4-11H2,1-3H3. The fourth-order valence-corrected chi connectivity index (χ4v) is 3.86. The van der Waals surface area contributed by atoms with Crippen LogP contribution in [-0.4, -0.2) is 12.6 Å². The van der Waals surface area contributed by atoms with E-state index in [0.717, 1.165) is 29.7 Å². The quantitative estimate of drug-likeness (QED) is 0.729. The van der Waals surface area contributed by atoms with Crippen LogP contribution in [-0.2, 0) is 0 Å². The minimum Gasteiger partial charge on any atom is -0.313 e. The van der Waals surface area contributed by atoms with Gasteiger partial charge in [0.2, 0.25) is 0 Å². The summed E-state index contributed by atoms with van der Waals surface area (Å²) in [5, 5.41) is 3.88. The molecule has 17 heavy (non-hydrogen) atoms. The highest BCUT2D eigenvalue weighted by Gasteiger charge is 2.43. The van der Waals surface area contributed by atoms with Gasteiger partial charge in [-0.15, -0.1) is 0 Å². The lowest BCUT2D eigenvalue weighted by Gasteiger charge is -2.35. The summed E-state index contributed by atoms with van der Waals surface area (Å²) in [5.74, 6) is 4.00. The Morgan fingerprint density at radius 1 is 1.18 bits per heavy atom. The summed E-state index contributed by atoms with van der Waals surface area (Å²) in [7, 11) is 0. The van der Waals surface area contributed by atoms with E-state index in [1.165, 1.54) is 51.5 Å². The highest BCUT2D eigenvalue weighted by Crippen LogP contribution is 2.46. The molecule has 0 aromatic carbocycles. The third-order valence-electron chi connectivity index (χ3n) is 5.17. The topological polar surface area (TPSA) is 12.0 Å². The number of nitrogens with one attached hydrogen (secondary N) is 1. The maximum Gasteiger partial charge on any atom is 0.0126 e. The molecular formula is C16H31N. The van der Waals surface area contributed by atoms with Gasteiger partial charge in [0.05, 0.1) is 0 Å². The SMILES string of the molecule is CCCNC(C1CCCC(CC)C1)C1CC1C. The van der Waals surface area contributed by atoms with Crippen LogP contribution in [0.15, 0.2) is 0 Å². The molecule has 0 aliphatic heterocycles. The van der Waals surface area contributed by atoms with Crippen LogP contribution >= 0.6 is 0 Å². The Morgan fingerprint density at radius 2 is 1.94 bits per heavy atom. The van der Waals surface area contributed by atoms with Gasteiger partial charge in [0.15, 0.2) is 0 Å². The number of hydrogen-bond donors (Lipinski definition) is 1. The molecule has 2 saturated carbocycles. The first-order valence-electron chi connectivity index (χ1n) is 7.99. The maximum absolute atomic E-state index is 3.88. The van der Waals surface area contributed by atoms with Gasteiger partial charge in [0, 0.05) is 6.04 Å². The van der Waals surface area contributed by atoms with E-state index in [0.29, 0.717) is 0 Å². The molecule has 1 heteroatoms. The molecule has 0 spiro atoms. The molecule has 0 heterocycles. The minimum absolute atomic E-state index is 0.847. The summed E-state index contributed by atoms with van der Waals surface area (Å²) < 4.78 is 0. The molecule has 0 amide bonds. The first kappa shape index (κ1) is 13.4. The lowest BCUT2D eigenvalue weighted by Crippen LogP contribution is -2.41. The molecule has 0 aromatic rings. The molecular weight excluding hydrogens is 206 g/mol. The predicted molar refractivity (Wildman–Crippen MR) is 75.1 cm³/mol. The van der Waals surface area contributed by atoms with Crippen molar-refractivity contribution in [3.63, 3.8) is 0 Å². The van der Waals surface area contributed by atoms with Crippen molar-refractivity contribution in [1.29, 1.82) is 0 Å². The number of hydrogen-bond acceptors (Lipinski definition) is 1. The molecule has 2 fully saturated rings. The first-order valence-corrected chi connectivity index (χ1v) is 7.99. The summed E-state index contributed by atoms with van der Waals surface area (Å²) in [6.07, 6.45) is 10.1. The molecule has 1 nitrogen and oxygen atoms in total. The lowest BCUT2D eigenvalue weighted by atomic mass is 9.75. The van der Waals surface area contributed by atoms with Crippen LogP contribution in [0.1, 0.15) is 65.7 Å². The second-order valence-electron chi connectivity index (χ2n) is 6.56. The highest BCUT2D eigenvalue weighted by atomic mass is 14.9. The van der Waals surface area contributed by atoms with Gasteiger partial charge in [-0.1, -0.05) is 40.0 Å². The Hall–Kier alpha value is -0.0400. The average molecular weight is 237 g/mol. The molecule has 2 aliphatic carbocycles. The molecule has 0 radical (unpaired) electrons. The van der Waals surface area contributed by atoms with Gasteiger partial charge in [-0.3, -0.25) is 0 Å². The van der Waals surface area contributed by atoms with Crippen LogP contribution in [0.5, 0.6) is 0 Å². The van der Waals surface area contributed by atoms with Crippen LogP contribution in [0.25, 0.3) is 0 Å². The van der Waals surface area contributed by atoms with Crippen molar-refractivity contribution >= 4 is 0 Å². The average Bonchev–Trinajstić information content (AvgIpc) is 3.07. The molecule has 0 bridgehead atoms. The summed E-state index contributed by atoms with van der Waals surface area (Å²) in [6.45, 7) is 8.32. The summed E-state index contributed by atoms with van der Waals surface area (Å²) in [5.41, 5.74) is 0. The van der Waals surface area contributed by atoms with Crippen molar-refractivity contribution in [3.05, 3.63) is 0 Å². The van der Waals surface area contributed by atoms with Gasteiger partial charge in [0.25, 0.3) is 0 Å². The van der Waals surface area contributed by atoms with E-state index in [9.17, 15) is 0 Å². The molecule has 0 saturated heterocycles. The van der Waals surface area contributed by atoms with Crippen molar-refractivity contribution in [2.45, 2.75) is 71.8 Å². The van der Waals surface area contributed by atoms with Crippen molar-refractivity contribution < 1.29 is 0 Å². The van der Waals surface area contributed by atoms with Gasteiger partial charge >= 0.3 is 0 Å². The van der Waals surface area contributed by atoms with Crippen LogP contribution in [0, 0.1) is 23.7 Å². The second kappa shape index (κ2) is 6.22. The van der Waals surface area contributed by atoms with E-state index in [1.807, 2.05) is 0 Å². The van der Waals surface area contributed by atoms with E-state index in [2.05, 4.69) is 26.1 Å². The smallest absolute Gasteiger partial charge is 0.0126 e. The Morgan fingerprint density at radius 3 is 2.53 bits per heavy atom. The van der Waals surface area contributed by atoms with E-state index >= 15 is 0 Å². The zero-order chi connectivity index (χ0) is 12.3. The molecule has 100 valence electrons. The van der Waals surface area contributed by atoms with E-state index in [-0.39, 0.29) is 0 Å². The van der Waals surface area contributed by atoms with Gasteiger partial charge in [0.1, 0.15) is 0 Å². The summed E-state index contributed by atoms with van der Waals surface area (Å²) in [4.78, 5) is 0. The Labute approximate surface area is 108 Å². The molecule has 1 N–H and O–H groups in total. The molecule has 5 unspecified atom stereocenters. The summed E-state index contributed by atoms with van der Waals surface area (Å²) >= 11 is 0. The van der Waals surface area contributed by atoms with Gasteiger partial charge in [-0.25, -0.2) is 0 Å². The highest BCUT2D eigenvalue weighted by molar-refractivity contribution is 4.96. The van der Waals surface area contributed by atoms with E-state index in [4.69, 9.17) is 0 Å². The predicted octanol–water partition coefficient (Wildman–Crippen LogP) is 4.23. The minimum atomic E-state index is 0.847. The van der Waals surface area contributed by atoms with Crippen molar-refractivity contribution in [2.75, 3.05) is 6.54 Å². The fraction of sp³-hybridized carbons (Fsp3) is 1.00. The molecule has 2 rings (SSSR count). The van der Waals surface area contributed by atoms with E-state index in [1.54, 1.807) is 0 Å². The van der Waals surface area contributed by atoms with Crippen LogP contribution in [0.4, 0.5) is 0 Å². The van der Waals surface area contributed by atoms with Crippen molar-refractivity contribution in [1.82, 2.24) is 5.32 Å². The first-order chi connectivity index (χ1) is 8.26. The van der Waals surface area contributed by atoms with Crippen molar-refractivity contribution in [3.8, 4) is 0 Å². The molecule has 2 aliphatic rings. The Kier molecular flexibility index (Phi) is 4.90. The van der Waals surface area contributed by atoms with Gasteiger partial charge < -0.3 is 5.32 Å². The normalized spacial score (nSPS) is 39.0. The third kappa shape index (κ3) is 3.47. The molecule has 5 atom stereocenters. The zero-order valence-corrected chi connectivity index (χ0v) is 12.0. The Balaban J connectivity index is 1.89. The van der Waals surface area contributed by atoms with Crippen LogP contribution < -0.4 is 5.32 Å². The number of rotatable bonds is 6. The Bertz CT molecular complexity index is 226. The molecule has 0 aromatic heterocycles. The lowest BCUT2D eigenvalue weighted by molar-refractivity contribution is 0.192. The maximum atomic E-state index is 3.88. The van der Waals surface area contributed by atoms with E-state index < -0.39 is 0 Å². The van der Waals surface area contributed by atoms with Crippen molar-refractivity contribution in [2.24, 2.45) is 23.7 Å². The largest absolute Gasteiger partial charge is 0.313 e. The fourth-order valence-electron chi connectivity index (χ4n) is 3.86. The van der Waals surface area contributed by atoms with Crippen LogP contribution in [0.2, 0.25) is 0 Å². The summed E-state index contributed by atoms with van der Waals surface area (Å²) in [6, 6.07) is 0.847. The van der Waals surface area contributed by atoms with Gasteiger partial charge in [-0.05, 0) is 55.9 Å². The monoisotopic (exact) mass is 237 g/mol. The second-order valence-corrected chi connectivity index (χ2v) is 6.56. The zero-order valence-electron chi connectivity index (χ0n) is 12.0. The third-order valence-corrected chi connectivity index (χ3v) is 5.17. The van der Waals surface area contributed by atoms with Crippen LogP contribution in [0.3, 0.4) is 0 Å². The van der Waals surface area contributed by atoms with Gasteiger partial charge in [-0.2, -0.15) is 0 Å².